The molecular formula is C6H6N4S. The number of aromatic nitrogens is 3. The smallest absolute Gasteiger partial charge is 0.206 e. The Labute approximate surface area is 68.2 Å². The summed E-state index contributed by atoms with van der Waals surface area (Å²) in [6.45, 7) is 0.873. The van der Waals surface area contributed by atoms with Crippen LogP contribution in [0.4, 0.5) is 0 Å². The summed E-state index contributed by atoms with van der Waals surface area (Å²) in [6.07, 6.45) is 3.19. The van der Waals surface area contributed by atoms with E-state index in [-0.39, 0.29) is 0 Å². The highest BCUT2D eigenvalue weighted by molar-refractivity contribution is 8.14. The largest absolute Gasteiger partial charge is 0.274 e. The van der Waals surface area contributed by atoms with E-state index in [1.165, 1.54) is 0 Å². The summed E-state index contributed by atoms with van der Waals surface area (Å²) >= 11 is 1.68. The van der Waals surface area contributed by atoms with E-state index in [9.17, 15) is 0 Å². The molecule has 56 valence electrons. The minimum absolute atomic E-state index is 0.648. The van der Waals surface area contributed by atoms with Crippen LogP contribution >= 0.6 is 11.8 Å². The third-order valence-electron chi connectivity index (χ3n) is 1.26. The molecule has 0 amide bonds. The molecule has 1 aromatic rings. The van der Waals surface area contributed by atoms with Crippen molar-refractivity contribution < 1.29 is 0 Å². The van der Waals surface area contributed by atoms with Gasteiger partial charge in [0.2, 0.25) is 5.82 Å². The molecule has 0 aromatic carbocycles. The molecular weight excluding hydrogens is 160 g/mol. The van der Waals surface area contributed by atoms with Gasteiger partial charge in [-0.2, -0.15) is 5.10 Å². The van der Waals surface area contributed by atoms with Crippen molar-refractivity contribution in [2.75, 3.05) is 12.3 Å². The van der Waals surface area contributed by atoms with E-state index in [0.29, 0.717) is 5.82 Å². The highest BCUT2D eigenvalue weighted by Crippen LogP contribution is 2.14. The first-order valence-corrected chi connectivity index (χ1v) is 4.27. The summed E-state index contributed by atoms with van der Waals surface area (Å²) in [4.78, 5) is 8.26. The van der Waals surface area contributed by atoms with Crippen LogP contribution in [0.25, 0.3) is 0 Å². The maximum absolute atomic E-state index is 4.22. The summed E-state index contributed by atoms with van der Waals surface area (Å²) in [5.74, 6) is 1.68. The topological polar surface area (TPSA) is 51.0 Å². The third-order valence-corrected chi connectivity index (χ3v) is 2.23. The molecule has 2 heterocycles. The molecule has 0 saturated heterocycles. The SMILES string of the molecule is c1cnc(C2=NCCS2)nn1. The second-order valence-corrected chi connectivity index (χ2v) is 3.09. The standard InChI is InChI=1S/C6H6N4S/c1-2-9-10-5(7-1)6-8-3-4-11-6/h1-2H,3-4H2. The zero-order chi connectivity index (χ0) is 7.52. The second kappa shape index (κ2) is 2.96. The monoisotopic (exact) mass is 166 g/mol. The molecule has 1 aliphatic rings. The highest BCUT2D eigenvalue weighted by atomic mass is 32.2. The van der Waals surface area contributed by atoms with Crippen LogP contribution in [-0.4, -0.2) is 32.5 Å². The zero-order valence-corrected chi connectivity index (χ0v) is 6.58. The molecule has 1 aliphatic heterocycles. The fourth-order valence-corrected chi connectivity index (χ4v) is 1.60. The Morgan fingerprint density at radius 1 is 1.36 bits per heavy atom. The number of rotatable bonds is 1. The number of aliphatic imine (C=N–C) groups is 1. The van der Waals surface area contributed by atoms with Crippen LogP contribution in [0.15, 0.2) is 17.4 Å². The van der Waals surface area contributed by atoms with E-state index >= 15 is 0 Å². The average molecular weight is 166 g/mol. The van der Waals surface area contributed by atoms with Gasteiger partial charge in [-0.1, -0.05) is 0 Å². The lowest BCUT2D eigenvalue weighted by molar-refractivity contribution is 0.953. The summed E-state index contributed by atoms with van der Waals surface area (Å²) in [6, 6.07) is 0. The maximum atomic E-state index is 4.22. The van der Waals surface area contributed by atoms with Gasteiger partial charge < -0.3 is 0 Å². The summed E-state index contributed by atoms with van der Waals surface area (Å²) in [5.41, 5.74) is 0. The van der Waals surface area contributed by atoms with Crippen molar-refractivity contribution in [3.63, 3.8) is 0 Å². The first-order chi connectivity index (χ1) is 5.47. The fraction of sp³-hybridized carbons (Fsp3) is 0.333. The van der Waals surface area contributed by atoms with Crippen LogP contribution in [0.2, 0.25) is 0 Å². The van der Waals surface area contributed by atoms with E-state index in [1.54, 1.807) is 24.2 Å². The lowest BCUT2D eigenvalue weighted by atomic mass is 10.6. The Bertz CT molecular complexity index is 271. The van der Waals surface area contributed by atoms with Gasteiger partial charge in [0.1, 0.15) is 5.04 Å². The molecule has 1 aromatic heterocycles. The Balaban J connectivity index is 2.29. The van der Waals surface area contributed by atoms with Crippen molar-refractivity contribution in [2.24, 2.45) is 4.99 Å². The summed E-state index contributed by atoms with van der Waals surface area (Å²) in [7, 11) is 0. The average Bonchev–Trinajstić information content (AvgIpc) is 2.58. The van der Waals surface area contributed by atoms with Gasteiger partial charge in [0.05, 0.1) is 6.20 Å². The van der Waals surface area contributed by atoms with Gasteiger partial charge in [0.25, 0.3) is 0 Å². The van der Waals surface area contributed by atoms with E-state index in [2.05, 4.69) is 20.2 Å². The van der Waals surface area contributed by atoms with Crippen molar-refractivity contribution in [2.45, 2.75) is 0 Å². The van der Waals surface area contributed by atoms with Crippen molar-refractivity contribution in [3.8, 4) is 0 Å². The van der Waals surface area contributed by atoms with Crippen molar-refractivity contribution in [1.29, 1.82) is 0 Å². The molecule has 0 radical (unpaired) electrons. The lowest BCUT2D eigenvalue weighted by Gasteiger charge is -1.92. The van der Waals surface area contributed by atoms with E-state index in [4.69, 9.17) is 0 Å². The number of nitrogens with zero attached hydrogens (tertiary/aromatic N) is 4. The number of hydrogen-bond acceptors (Lipinski definition) is 5. The van der Waals surface area contributed by atoms with Crippen molar-refractivity contribution in [1.82, 2.24) is 15.2 Å². The molecule has 0 fully saturated rings. The van der Waals surface area contributed by atoms with E-state index < -0.39 is 0 Å². The van der Waals surface area contributed by atoms with Crippen LogP contribution in [-0.2, 0) is 0 Å². The summed E-state index contributed by atoms with van der Waals surface area (Å²) in [5, 5.41) is 8.49. The van der Waals surface area contributed by atoms with E-state index in [0.717, 1.165) is 17.3 Å². The fourth-order valence-electron chi connectivity index (χ4n) is 0.816. The van der Waals surface area contributed by atoms with Gasteiger partial charge in [-0.25, -0.2) is 4.98 Å². The molecule has 0 bridgehead atoms. The highest BCUT2D eigenvalue weighted by Gasteiger charge is 2.11. The molecule has 11 heavy (non-hydrogen) atoms. The minimum Gasteiger partial charge on any atom is -0.274 e. The Morgan fingerprint density at radius 2 is 2.36 bits per heavy atom. The van der Waals surface area contributed by atoms with Gasteiger partial charge in [-0.3, -0.25) is 4.99 Å². The van der Waals surface area contributed by atoms with Gasteiger partial charge >= 0.3 is 0 Å². The molecule has 0 unspecified atom stereocenters. The normalized spacial score (nSPS) is 16.5. The van der Waals surface area contributed by atoms with Crippen LogP contribution < -0.4 is 0 Å². The minimum atomic E-state index is 0.648. The molecule has 0 saturated carbocycles. The first kappa shape index (κ1) is 6.72. The first-order valence-electron chi connectivity index (χ1n) is 3.28. The molecule has 0 spiro atoms. The number of hydrogen-bond donors (Lipinski definition) is 0. The Morgan fingerprint density at radius 3 is 3.00 bits per heavy atom. The van der Waals surface area contributed by atoms with Crippen LogP contribution in [0, 0.1) is 0 Å². The second-order valence-electron chi connectivity index (χ2n) is 2.00. The van der Waals surface area contributed by atoms with E-state index in [1.807, 2.05) is 0 Å². The molecule has 5 heteroatoms. The maximum Gasteiger partial charge on any atom is 0.206 e. The van der Waals surface area contributed by atoms with Crippen molar-refractivity contribution >= 4 is 16.8 Å². The molecule has 0 atom stereocenters. The predicted molar refractivity (Wildman–Crippen MR) is 43.7 cm³/mol. The quantitative estimate of drug-likeness (QED) is 0.604. The molecule has 0 aliphatic carbocycles. The zero-order valence-electron chi connectivity index (χ0n) is 5.77. The molecule has 4 nitrogen and oxygen atoms in total. The summed E-state index contributed by atoms with van der Waals surface area (Å²) < 4.78 is 0. The van der Waals surface area contributed by atoms with Gasteiger partial charge in [0, 0.05) is 18.5 Å². The Kier molecular flexibility index (Phi) is 1.81. The van der Waals surface area contributed by atoms with Gasteiger partial charge in [-0.05, 0) is 0 Å². The van der Waals surface area contributed by atoms with Crippen LogP contribution in [0.3, 0.4) is 0 Å². The lowest BCUT2D eigenvalue weighted by Crippen LogP contribution is -2.00. The molecule has 2 rings (SSSR count). The third kappa shape index (κ3) is 1.37. The van der Waals surface area contributed by atoms with Crippen LogP contribution in [0.1, 0.15) is 5.82 Å². The van der Waals surface area contributed by atoms with Gasteiger partial charge in [-0.15, -0.1) is 16.9 Å². The van der Waals surface area contributed by atoms with Crippen LogP contribution in [0.5, 0.6) is 0 Å². The molecule has 0 N–H and O–H groups in total. The predicted octanol–water partition coefficient (Wildman–Crippen LogP) is 0.365. The van der Waals surface area contributed by atoms with Crippen molar-refractivity contribution in [3.05, 3.63) is 18.2 Å². The Hall–Kier alpha value is -0.970. The van der Waals surface area contributed by atoms with Gasteiger partial charge in [0.15, 0.2) is 0 Å². The number of thioether (sulfide) groups is 1.